The van der Waals surface area contributed by atoms with Crippen molar-refractivity contribution in [1.82, 2.24) is 4.72 Å². The van der Waals surface area contributed by atoms with E-state index in [0.717, 1.165) is 25.0 Å². The molecule has 1 aromatic rings. The van der Waals surface area contributed by atoms with Gasteiger partial charge in [0.25, 0.3) is 0 Å². The van der Waals surface area contributed by atoms with Gasteiger partial charge >= 0.3 is 0 Å². The van der Waals surface area contributed by atoms with Crippen molar-refractivity contribution in [2.45, 2.75) is 48.9 Å². The SMILES string of the molecule is CCSC1CCCC1NS(=O)(=O)c1cc(CN)oc1Br. The van der Waals surface area contributed by atoms with E-state index in [-0.39, 0.29) is 22.2 Å². The molecule has 20 heavy (non-hydrogen) atoms. The van der Waals surface area contributed by atoms with Crippen molar-refractivity contribution < 1.29 is 12.8 Å². The molecule has 5 nitrogen and oxygen atoms in total. The Morgan fingerprint density at radius 2 is 2.30 bits per heavy atom. The van der Waals surface area contributed by atoms with Gasteiger partial charge in [0.1, 0.15) is 10.7 Å². The lowest BCUT2D eigenvalue weighted by atomic mass is 10.3. The smallest absolute Gasteiger partial charge is 0.245 e. The van der Waals surface area contributed by atoms with Gasteiger partial charge in [0.05, 0.1) is 6.54 Å². The van der Waals surface area contributed by atoms with Gasteiger partial charge in [-0.25, -0.2) is 13.1 Å². The van der Waals surface area contributed by atoms with E-state index in [1.807, 2.05) is 11.8 Å². The Kier molecular flexibility index (Phi) is 5.58. The molecule has 1 aliphatic carbocycles. The van der Waals surface area contributed by atoms with Crippen LogP contribution in [0.15, 0.2) is 20.0 Å². The van der Waals surface area contributed by atoms with Crippen LogP contribution in [0.1, 0.15) is 31.9 Å². The normalized spacial score (nSPS) is 23.4. The summed E-state index contributed by atoms with van der Waals surface area (Å²) in [6.45, 7) is 2.26. The molecule has 2 rings (SSSR count). The van der Waals surface area contributed by atoms with Crippen LogP contribution in [-0.4, -0.2) is 25.5 Å². The molecular formula is C12H19BrN2O3S2. The summed E-state index contributed by atoms with van der Waals surface area (Å²) in [7, 11) is -3.57. The second-order valence-corrected chi connectivity index (χ2v) is 8.63. The van der Waals surface area contributed by atoms with Gasteiger partial charge in [-0.3, -0.25) is 0 Å². The summed E-state index contributed by atoms with van der Waals surface area (Å²) in [5.41, 5.74) is 5.47. The van der Waals surface area contributed by atoms with E-state index in [4.69, 9.17) is 10.2 Å². The molecule has 2 unspecified atom stereocenters. The number of hydrogen-bond donors (Lipinski definition) is 2. The molecule has 0 bridgehead atoms. The first-order valence-electron chi connectivity index (χ1n) is 6.60. The van der Waals surface area contributed by atoms with Crippen LogP contribution in [0.25, 0.3) is 0 Å². The van der Waals surface area contributed by atoms with E-state index < -0.39 is 10.0 Å². The Morgan fingerprint density at radius 3 is 2.90 bits per heavy atom. The highest BCUT2D eigenvalue weighted by molar-refractivity contribution is 9.10. The monoisotopic (exact) mass is 382 g/mol. The summed E-state index contributed by atoms with van der Waals surface area (Å²) in [6, 6.07) is 1.47. The maximum Gasteiger partial charge on any atom is 0.245 e. The van der Waals surface area contributed by atoms with Crippen molar-refractivity contribution >= 4 is 37.7 Å². The van der Waals surface area contributed by atoms with Gasteiger partial charge in [-0.15, -0.1) is 0 Å². The van der Waals surface area contributed by atoms with Crippen LogP contribution >= 0.6 is 27.7 Å². The number of halogens is 1. The zero-order chi connectivity index (χ0) is 14.8. The Bertz CT molecular complexity index is 559. The summed E-state index contributed by atoms with van der Waals surface area (Å²) in [6.07, 6.45) is 3.01. The van der Waals surface area contributed by atoms with Crippen molar-refractivity contribution in [2.24, 2.45) is 5.73 Å². The van der Waals surface area contributed by atoms with Crippen molar-refractivity contribution in [2.75, 3.05) is 5.75 Å². The Balaban J connectivity index is 2.16. The average Bonchev–Trinajstić information content (AvgIpc) is 2.97. The van der Waals surface area contributed by atoms with Crippen LogP contribution < -0.4 is 10.5 Å². The van der Waals surface area contributed by atoms with Gasteiger partial charge in [-0.1, -0.05) is 13.3 Å². The third-order valence-electron chi connectivity index (χ3n) is 3.34. The minimum absolute atomic E-state index is 0.00641. The third kappa shape index (κ3) is 3.59. The lowest BCUT2D eigenvalue weighted by Gasteiger charge is -2.19. The maximum absolute atomic E-state index is 12.4. The lowest BCUT2D eigenvalue weighted by Crippen LogP contribution is -2.38. The summed E-state index contributed by atoms with van der Waals surface area (Å²) in [5, 5.41) is 0.356. The van der Waals surface area contributed by atoms with E-state index in [1.54, 1.807) is 0 Å². The second kappa shape index (κ2) is 6.83. The average molecular weight is 383 g/mol. The second-order valence-electron chi connectivity index (χ2n) is 4.71. The largest absolute Gasteiger partial charge is 0.452 e. The van der Waals surface area contributed by atoms with Crippen LogP contribution in [0.5, 0.6) is 0 Å². The molecule has 1 heterocycles. The molecule has 0 amide bonds. The van der Waals surface area contributed by atoms with Crippen LogP contribution in [0, 0.1) is 0 Å². The summed E-state index contributed by atoms with van der Waals surface area (Å²) in [5.74, 6) is 1.44. The summed E-state index contributed by atoms with van der Waals surface area (Å²) in [4.78, 5) is 0.130. The quantitative estimate of drug-likeness (QED) is 0.788. The molecule has 2 atom stereocenters. The Labute approximate surface area is 132 Å². The highest BCUT2D eigenvalue weighted by atomic mass is 79.9. The molecule has 3 N–H and O–H groups in total. The van der Waals surface area contributed by atoms with Crippen molar-refractivity contribution in [1.29, 1.82) is 0 Å². The van der Waals surface area contributed by atoms with E-state index in [2.05, 4.69) is 27.6 Å². The molecular weight excluding hydrogens is 364 g/mol. The summed E-state index contributed by atoms with van der Waals surface area (Å²) < 4.78 is 33.1. The van der Waals surface area contributed by atoms with Crippen molar-refractivity contribution in [3.05, 3.63) is 16.5 Å². The molecule has 1 fully saturated rings. The molecule has 0 radical (unpaired) electrons. The molecule has 114 valence electrons. The number of furan rings is 1. The first-order valence-corrected chi connectivity index (χ1v) is 9.92. The van der Waals surface area contributed by atoms with Gasteiger partial charge < -0.3 is 10.2 Å². The first-order chi connectivity index (χ1) is 9.47. The van der Waals surface area contributed by atoms with Crippen molar-refractivity contribution in [3.8, 4) is 0 Å². The topological polar surface area (TPSA) is 85.3 Å². The number of hydrogen-bond acceptors (Lipinski definition) is 5. The van der Waals surface area contributed by atoms with E-state index in [9.17, 15) is 8.42 Å². The van der Waals surface area contributed by atoms with Crippen LogP contribution in [0.2, 0.25) is 0 Å². The zero-order valence-corrected chi connectivity index (χ0v) is 14.5. The van der Waals surface area contributed by atoms with Crippen LogP contribution in [0.3, 0.4) is 0 Å². The van der Waals surface area contributed by atoms with Gasteiger partial charge in [0, 0.05) is 17.4 Å². The van der Waals surface area contributed by atoms with Gasteiger partial charge in [0.15, 0.2) is 4.67 Å². The fourth-order valence-electron chi connectivity index (χ4n) is 2.42. The predicted molar refractivity (Wildman–Crippen MR) is 84.2 cm³/mol. The molecule has 0 aliphatic heterocycles. The molecule has 8 heteroatoms. The first kappa shape index (κ1) is 16.4. The van der Waals surface area contributed by atoms with Crippen LogP contribution in [-0.2, 0) is 16.6 Å². The number of sulfonamides is 1. The van der Waals surface area contributed by atoms with E-state index in [1.165, 1.54) is 6.07 Å². The molecule has 0 spiro atoms. The molecule has 0 saturated heterocycles. The Hall–Kier alpha value is -0.0200. The zero-order valence-electron chi connectivity index (χ0n) is 11.3. The highest BCUT2D eigenvalue weighted by Gasteiger charge is 2.32. The number of thioether (sulfide) groups is 1. The third-order valence-corrected chi connectivity index (χ3v) is 7.01. The van der Waals surface area contributed by atoms with Gasteiger partial charge in [-0.2, -0.15) is 11.8 Å². The molecule has 1 aliphatic rings. The lowest BCUT2D eigenvalue weighted by molar-refractivity contribution is 0.482. The van der Waals surface area contributed by atoms with E-state index in [0.29, 0.717) is 11.0 Å². The van der Waals surface area contributed by atoms with Crippen LogP contribution in [0.4, 0.5) is 0 Å². The van der Waals surface area contributed by atoms with E-state index >= 15 is 0 Å². The molecule has 1 aromatic heterocycles. The maximum atomic E-state index is 12.4. The Morgan fingerprint density at radius 1 is 1.55 bits per heavy atom. The minimum atomic E-state index is -3.57. The minimum Gasteiger partial charge on any atom is -0.452 e. The highest BCUT2D eigenvalue weighted by Crippen LogP contribution is 2.32. The standard InChI is InChI=1S/C12H19BrN2O3S2/c1-2-19-10-5-3-4-9(10)15-20(16,17)11-6-8(7-14)18-12(11)13/h6,9-10,15H,2-5,7,14H2,1H3. The number of rotatable bonds is 6. The fourth-order valence-corrected chi connectivity index (χ4v) is 6.01. The molecule has 1 saturated carbocycles. The molecule has 0 aromatic carbocycles. The van der Waals surface area contributed by atoms with Gasteiger partial charge in [0.2, 0.25) is 10.0 Å². The number of nitrogens with one attached hydrogen (secondary N) is 1. The summed E-state index contributed by atoms with van der Waals surface area (Å²) >= 11 is 4.96. The predicted octanol–water partition coefficient (Wildman–Crippen LogP) is 2.45. The fraction of sp³-hybridized carbons (Fsp3) is 0.667. The van der Waals surface area contributed by atoms with Gasteiger partial charge in [-0.05, 0) is 34.5 Å². The van der Waals surface area contributed by atoms with Crippen molar-refractivity contribution in [3.63, 3.8) is 0 Å². The number of nitrogens with two attached hydrogens (primary N) is 1.